The second-order valence-electron chi connectivity index (χ2n) is 11.3. The van der Waals surface area contributed by atoms with E-state index in [0.29, 0.717) is 0 Å². The van der Waals surface area contributed by atoms with Crippen molar-refractivity contribution in [1.29, 1.82) is 0 Å². The highest BCUT2D eigenvalue weighted by Crippen LogP contribution is 2.39. The molecule has 5 N–H and O–H groups in total. The van der Waals surface area contributed by atoms with Gasteiger partial charge in [-0.2, -0.15) is 0 Å². The molecule has 14 nitrogen and oxygen atoms in total. The fraction of sp³-hybridized carbons (Fsp3) is 0.885. The van der Waals surface area contributed by atoms with Crippen LogP contribution in [-0.4, -0.2) is 118 Å². The first-order chi connectivity index (χ1) is 18.7. The van der Waals surface area contributed by atoms with Crippen LogP contribution in [0.1, 0.15) is 54.4 Å². The third kappa shape index (κ3) is 8.32. The number of aliphatic hydroxyl groups is 5. The monoisotopic (exact) mass is 580 g/mol. The maximum absolute atomic E-state index is 12.5. The lowest BCUT2D eigenvalue weighted by Gasteiger charge is -2.45. The van der Waals surface area contributed by atoms with Crippen molar-refractivity contribution in [2.24, 2.45) is 17.8 Å². The van der Waals surface area contributed by atoms with Crippen LogP contribution in [0.5, 0.6) is 0 Å². The molecule has 0 unspecified atom stereocenters. The van der Waals surface area contributed by atoms with Crippen LogP contribution in [-0.2, 0) is 42.8 Å². The molecular formula is C26H44O14. The first kappa shape index (κ1) is 34.3. The molecule has 2 fully saturated rings. The van der Waals surface area contributed by atoms with Gasteiger partial charge in [-0.25, -0.2) is 0 Å². The average molecular weight is 581 g/mol. The molecule has 40 heavy (non-hydrogen) atoms. The summed E-state index contributed by atoms with van der Waals surface area (Å²) in [5.74, 6) is -5.34. The van der Waals surface area contributed by atoms with Gasteiger partial charge in [-0.15, -0.1) is 0 Å². The van der Waals surface area contributed by atoms with Gasteiger partial charge in [0, 0.05) is 12.8 Å². The molecule has 232 valence electrons. The number of ether oxygens (including phenoxy) is 6. The SMILES string of the molecule is CC(C)CC(=O)O[C@H]1[C@H](OC(=O)C(C)C)[C@@H](O)[C@@H](O[C@]2(CO)O[C@H](CO)[C@@H](O)[C@@H]2OC(=O)CC(C)C)O[C@@H]1CO. The zero-order valence-electron chi connectivity index (χ0n) is 23.8. The van der Waals surface area contributed by atoms with Crippen LogP contribution < -0.4 is 0 Å². The summed E-state index contributed by atoms with van der Waals surface area (Å²) in [6.45, 7) is 7.66. The zero-order chi connectivity index (χ0) is 30.4. The number of rotatable bonds is 13. The highest BCUT2D eigenvalue weighted by molar-refractivity contribution is 5.72. The van der Waals surface area contributed by atoms with Gasteiger partial charge in [0.15, 0.2) is 24.6 Å². The number of esters is 3. The van der Waals surface area contributed by atoms with E-state index in [1.807, 2.05) is 0 Å². The van der Waals surface area contributed by atoms with Crippen LogP contribution in [0.2, 0.25) is 0 Å². The van der Waals surface area contributed by atoms with E-state index in [9.17, 15) is 39.9 Å². The summed E-state index contributed by atoms with van der Waals surface area (Å²) in [6.07, 6.45) is -12.8. The third-order valence-corrected chi connectivity index (χ3v) is 6.39. The lowest BCUT2D eigenvalue weighted by atomic mass is 9.97. The number of carbonyl (C=O) groups is 3. The average Bonchev–Trinajstić information content (AvgIpc) is 3.12. The zero-order valence-corrected chi connectivity index (χ0v) is 23.8. The molecule has 0 bridgehead atoms. The van der Waals surface area contributed by atoms with Crippen molar-refractivity contribution >= 4 is 17.9 Å². The molecule has 0 spiro atoms. The molecule has 0 aromatic rings. The first-order valence-electron chi connectivity index (χ1n) is 13.5. The lowest BCUT2D eigenvalue weighted by Crippen LogP contribution is -2.64. The molecule has 2 aliphatic heterocycles. The Hall–Kier alpha value is -1.91. The Kier molecular flexibility index (Phi) is 12.7. The summed E-state index contributed by atoms with van der Waals surface area (Å²) in [5.41, 5.74) is 0. The predicted molar refractivity (Wildman–Crippen MR) is 134 cm³/mol. The van der Waals surface area contributed by atoms with Gasteiger partial charge in [-0.1, -0.05) is 41.5 Å². The Morgan fingerprint density at radius 3 is 1.80 bits per heavy atom. The van der Waals surface area contributed by atoms with Crippen molar-refractivity contribution in [2.75, 3.05) is 19.8 Å². The van der Waals surface area contributed by atoms with Gasteiger partial charge in [-0.3, -0.25) is 14.4 Å². The van der Waals surface area contributed by atoms with Crippen molar-refractivity contribution in [1.82, 2.24) is 0 Å². The largest absolute Gasteiger partial charge is 0.455 e. The van der Waals surface area contributed by atoms with E-state index in [-0.39, 0.29) is 24.7 Å². The van der Waals surface area contributed by atoms with E-state index in [0.717, 1.165) is 0 Å². The Balaban J connectivity index is 2.42. The molecule has 14 heteroatoms. The summed E-state index contributed by atoms with van der Waals surface area (Å²) in [7, 11) is 0. The third-order valence-electron chi connectivity index (χ3n) is 6.39. The number of aliphatic hydroxyl groups excluding tert-OH is 5. The van der Waals surface area contributed by atoms with E-state index in [4.69, 9.17) is 28.4 Å². The van der Waals surface area contributed by atoms with Gasteiger partial charge in [0.2, 0.25) is 5.79 Å². The summed E-state index contributed by atoms with van der Waals surface area (Å²) in [6, 6.07) is 0. The topological polar surface area (TPSA) is 208 Å². The molecule has 0 radical (unpaired) electrons. The van der Waals surface area contributed by atoms with Crippen LogP contribution in [0, 0.1) is 17.8 Å². The van der Waals surface area contributed by atoms with E-state index in [2.05, 4.69) is 0 Å². The van der Waals surface area contributed by atoms with E-state index in [1.165, 1.54) is 0 Å². The minimum atomic E-state index is -2.33. The molecule has 0 aliphatic carbocycles. The van der Waals surface area contributed by atoms with Gasteiger partial charge in [0.25, 0.3) is 0 Å². The van der Waals surface area contributed by atoms with Crippen LogP contribution in [0.3, 0.4) is 0 Å². The second kappa shape index (κ2) is 14.8. The Bertz CT molecular complexity index is 847. The Labute approximate surface area is 233 Å². The molecule has 0 amide bonds. The van der Waals surface area contributed by atoms with Crippen LogP contribution in [0.4, 0.5) is 0 Å². The molecule has 0 saturated carbocycles. The molecule has 0 aromatic carbocycles. The quantitative estimate of drug-likeness (QED) is 0.131. The van der Waals surface area contributed by atoms with Gasteiger partial charge in [0.05, 0.1) is 19.1 Å². The molecule has 2 rings (SSSR count). The van der Waals surface area contributed by atoms with Crippen LogP contribution >= 0.6 is 0 Å². The number of carbonyl (C=O) groups excluding carboxylic acids is 3. The Morgan fingerprint density at radius 1 is 0.775 bits per heavy atom. The molecule has 2 saturated heterocycles. The van der Waals surface area contributed by atoms with Crippen molar-refractivity contribution in [3.63, 3.8) is 0 Å². The molecule has 0 aromatic heterocycles. The second-order valence-corrected chi connectivity index (χ2v) is 11.3. The fourth-order valence-electron chi connectivity index (χ4n) is 4.35. The molecule has 2 aliphatic rings. The smallest absolute Gasteiger partial charge is 0.308 e. The number of hydrogen-bond donors (Lipinski definition) is 5. The summed E-state index contributed by atoms with van der Waals surface area (Å²) in [5, 5.41) is 52.0. The van der Waals surface area contributed by atoms with Crippen molar-refractivity contribution < 1.29 is 68.3 Å². The predicted octanol–water partition coefficient (Wildman–Crippen LogP) is -0.995. The molecule has 2 heterocycles. The summed E-state index contributed by atoms with van der Waals surface area (Å²) < 4.78 is 33.4. The van der Waals surface area contributed by atoms with Crippen LogP contribution in [0.15, 0.2) is 0 Å². The molecular weight excluding hydrogens is 536 g/mol. The summed E-state index contributed by atoms with van der Waals surface area (Å²) >= 11 is 0. The van der Waals surface area contributed by atoms with Crippen molar-refractivity contribution in [3.05, 3.63) is 0 Å². The minimum Gasteiger partial charge on any atom is -0.455 e. The number of hydrogen-bond acceptors (Lipinski definition) is 14. The Morgan fingerprint density at radius 2 is 1.32 bits per heavy atom. The standard InChI is InChI=1S/C26H44O14/c1-12(2)7-17(30)36-21-16(10-28)35-25(20(33)22(21)38-24(34)14(5)6)40-26(11-29)23(19(32)15(9-27)39-26)37-18(31)8-13(3)4/h12-16,19-23,25,27-29,32-33H,7-11H2,1-6H3/t15-,16-,19-,20-,21-,22-,23+,25-,26+/m1/s1. The van der Waals surface area contributed by atoms with Crippen molar-refractivity contribution in [3.8, 4) is 0 Å². The molecule has 9 atom stereocenters. The summed E-state index contributed by atoms with van der Waals surface area (Å²) in [4.78, 5) is 37.5. The fourth-order valence-corrected chi connectivity index (χ4v) is 4.35. The highest BCUT2D eigenvalue weighted by Gasteiger charge is 2.61. The van der Waals surface area contributed by atoms with Crippen LogP contribution in [0.25, 0.3) is 0 Å². The van der Waals surface area contributed by atoms with Crippen molar-refractivity contribution in [2.45, 2.75) is 109 Å². The van der Waals surface area contributed by atoms with Gasteiger partial charge in [-0.05, 0) is 11.8 Å². The maximum atomic E-state index is 12.5. The van der Waals surface area contributed by atoms with Gasteiger partial charge in [0.1, 0.15) is 31.0 Å². The van der Waals surface area contributed by atoms with E-state index >= 15 is 0 Å². The van der Waals surface area contributed by atoms with Gasteiger partial charge >= 0.3 is 17.9 Å². The van der Waals surface area contributed by atoms with E-state index in [1.54, 1.807) is 41.5 Å². The highest BCUT2D eigenvalue weighted by atomic mass is 16.8. The van der Waals surface area contributed by atoms with E-state index < -0.39 is 98.5 Å². The lowest BCUT2D eigenvalue weighted by molar-refractivity contribution is -0.384. The maximum Gasteiger partial charge on any atom is 0.308 e. The first-order valence-corrected chi connectivity index (χ1v) is 13.5. The minimum absolute atomic E-state index is 0.000837. The van der Waals surface area contributed by atoms with Gasteiger partial charge < -0.3 is 54.0 Å². The normalized spacial score (nSPS) is 34.4.